The third kappa shape index (κ3) is 2.45. The van der Waals surface area contributed by atoms with Gasteiger partial charge in [-0.25, -0.2) is 0 Å². The second-order valence-electron chi connectivity index (χ2n) is 3.91. The molecule has 0 saturated heterocycles. The minimum atomic E-state index is 0.488. The zero-order valence-electron chi connectivity index (χ0n) is 9.74. The zero-order chi connectivity index (χ0) is 12.4. The maximum absolute atomic E-state index is 6.08. The zero-order valence-corrected chi connectivity index (χ0v) is 11.3. The Morgan fingerprint density at radius 1 is 1.35 bits per heavy atom. The maximum atomic E-state index is 6.08. The molecule has 2 aromatic heterocycles. The van der Waals surface area contributed by atoms with Gasteiger partial charge in [-0.15, -0.1) is 11.6 Å². The van der Waals surface area contributed by atoms with Crippen LogP contribution in [0.1, 0.15) is 22.5 Å². The summed E-state index contributed by atoms with van der Waals surface area (Å²) in [6.45, 7) is 4.63. The van der Waals surface area contributed by atoms with Crippen LogP contribution in [0.25, 0.3) is 0 Å². The van der Waals surface area contributed by atoms with Crippen LogP contribution in [0.5, 0.6) is 0 Å². The van der Waals surface area contributed by atoms with Gasteiger partial charge < -0.3 is 0 Å². The number of hydrogen-bond acceptors (Lipinski definition) is 2. The van der Waals surface area contributed by atoms with E-state index in [0.717, 1.165) is 22.5 Å². The predicted octanol–water partition coefficient (Wildman–Crippen LogP) is 3.34. The van der Waals surface area contributed by atoms with Crippen molar-refractivity contribution in [2.45, 2.75) is 26.3 Å². The molecular formula is C12H13Cl2N3. The number of nitrogens with zero attached hydrogens (tertiary/aromatic N) is 3. The monoisotopic (exact) mass is 269 g/mol. The molecule has 0 amide bonds. The minimum Gasteiger partial charge on any atom is -0.265 e. The number of rotatable bonds is 3. The summed E-state index contributed by atoms with van der Waals surface area (Å²) in [6.07, 6.45) is 3.38. The highest BCUT2D eigenvalue weighted by atomic mass is 35.5. The van der Waals surface area contributed by atoms with Crippen LogP contribution in [-0.2, 0) is 12.4 Å². The molecule has 0 bridgehead atoms. The summed E-state index contributed by atoms with van der Waals surface area (Å²) in [5.74, 6) is 0.488. The van der Waals surface area contributed by atoms with Gasteiger partial charge in [0.2, 0.25) is 0 Å². The highest BCUT2D eigenvalue weighted by Crippen LogP contribution is 2.19. The molecule has 0 atom stereocenters. The minimum absolute atomic E-state index is 0.488. The molecule has 3 nitrogen and oxygen atoms in total. The molecule has 2 aromatic rings. The third-order valence-corrected chi connectivity index (χ3v) is 3.45. The van der Waals surface area contributed by atoms with Crippen molar-refractivity contribution in [2.75, 3.05) is 0 Å². The molecule has 0 aliphatic rings. The Bertz CT molecular complexity index is 535. The highest BCUT2D eigenvalue weighted by molar-refractivity contribution is 6.31. The van der Waals surface area contributed by atoms with Gasteiger partial charge in [0.05, 0.1) is 23.1 Å². The molecule has 0 saturated carbocycles. The van der Waals surface area contributed by atoms with Crippen LogP contribution in [0, 0.1) is 13.8 Å². The van der Waals surface area contributed by atoms with Crippen LogP contribution in [0.15, 0.2) is 18.5 Å². The Morgan fingerprint density at radius 3 is 2.71 bits per heavy atom. The number of alkyl halides is 1. The second-order valence-corrected chi connectivity index (χ2v) is 4.58. The molecule has 2 heterocycles. The van der Waals surface area contributed by atoms with E-state index in [1.807, 2.05) is 24.6 Å². The van der Waals surface area contributed by atoms with Crippen molar-refractivity contribution in [3.05, 3.63) is 46.0 Å². The van der Waals surface area contributed by atoms with Crippen LogP contribution in [-0.4, -0.2) is 14.8 Å². The lowest BCUT2D eigenvalue weighted by molar-refractivity contribution is 0.658. The summed E-state index contributed by atoms with van der Waals surface area (Å²) in [6, 6.07) is 1.90. The molecule has 0 unspecified atom stereocenters. The fourth-order valence-corrected chi connectivity index (χ4v) is 2.34. The Kier molecular flexibility index (Phi) is 3.69. The molecule has 0 fully saturated rings. The van der Waals surface area contributed by atoms with Crippen molar-refractivity contribution in [3.8, 4) is 0 Å². The summed E-state index contributed by atoms with van der Waals surface area (Å²) in [4.78, 5) is 3.97. The van der Waals surface area contributed by atoms with Gasteiger partial charge in [-0.1, -0.05) is 11.6 Å². The van der Waals surface area contributed by atoms with Crippen LogP contribution >= 0.6 is 23.2 Å². The summed E-state index contributed by atoms with van der Waals surface area (Å²) in [5.41, 5.74) is 4.17. The average Bonchev–Trinajstić information content (AvgIpc) is 2.57. The van der Waals surface area contributed by atoms with Gasteiger partial charge >= 0.3 is 0 Å². The first-order valence-electron chi connectivity index (χ1n) is 5.30. The SMILES string of the molecule is Cc1nn(Cc2ccncc2Cl)c(C)c1CCl. The quantitative estimate of drug-likeness (QED) is 0.801. The van der Waals surface area contributed by atoms with E-state index >= 15 is 0 Å². The standard InChI is InChI=1S/C12H13Cl2N3/c1-8-11(5-13)9(2)17(16-8)7-10-3-4-15-6-12(10)14/h3-4,6H,5,7H2,1-2H3. The fraction of sp³-hybridized carbons (Fsp3) is 0.333. The highest BCUT2D eigenvalue weighted by Gasteiger charge is 2.11. The van der Waals surface area contributed by atoms with Crippen molar-refractivity contribution in [1.82, 2.24) is 14.8 Å². The Balaban J connectivity index is 2.34. The van der Waals surface area contributed by atoms with Gasteiger partial charge in [0, 0.05) is 23.7 Å². The van der Waals surface area contributed by atoms with Crippen LogP contribution in [0.4, 0.5) is 0 Å². The lowest BCUT2D eigenvalue weighted by Gasteiger charge is -2.06. The summed E-state index contributed by atoms with van der Waals surface area (Å²) < 4.78 is 1.92. The Morgan fingerprint density at radius 2 is 2.12 bits per heavy atom. The topological polar surface area (TPSA) is 30.7 Å². The molecule has 5 heteroatoms. The summed E-state index contributed by atoms with van der Waals surface area (Å²) in [7, 11) is 0. The van der Waals surface area contributed by atoms with Gasteiger partial charge in [-0.2, -0.15) is 5.10 Å². The molecule has 0 aromatic carbocycles. The lowest BCUT2D eigenvalue weighted by atomic mass is 10.2. The molecule has 90 valence electrons. The Labute approximate surface area is 110 Å². The van der Waals surface area contributed by atoms with E-state index in [1.165, 1.54) is 0 Å². The van der Waals surface area contributed by atoms with Gasteiger partial charge in [-0.3, -0.25) is 9.67 Å². The van der Waals surface area contributed by atoms with Gasteiger partial charge in [0.15, 0.2) is 0 Å². The predicted molar refractivity (Wildman–Crippen MR) is 69.6 cm³/mol. The van der Waals surface area contributed by atoms with E-state index < -0.39 is 0 Å². The average molecular weight is 270 g/mol. The summed E-state index contributed by atoms with van der Waals surface area (Å²) in [5, 5.41) is 5.13. The molecule has 0 aliphatic carbocycles. The van der Waals surface area contributed by atoms with E-state index in [9.17, 15) is 0 Å². The first-order chi connectivity index (χ1) is 8.13. The van der Waals surface area contributed by atoms with Crippen LogP contribution in [0.3, 0.4) is 0 Å². The third-order valence-electron chi connectivity index (χ3n) is 2.84. The van der Waals surface area contributed by atoms with E-state index in [-0.39, 0.29) is 0 Å². The number of aryl methyl sites for hydroxylation is 1. The van der Waals surface area contributed by atoms with Crippen LogP contribution in [0.2, 0.25) is 5.02 Å². The van der Waals surface area contributed by atoms with Crippen LogP contribution < -0.4 is 0 Å². The molecule has 0 radical (unpaired) electrons. The van der Waals surface area contributed by atoms with E-state index in [0.29, 0.717) is 17.4 Å². The fourth-order valence-electron chi connectivity index (χ4n) is 1.77. The van der Waals surface area contributed by atoms with Gasteiger partial charge in [0.25, 0.3) is 0 Å². The van der Waals surface area contributed by atoms with Gasteiger partial charge in [-0.05, 0) is 25.5 Å². The second kappa shape index (κ2) is 5.07. The van der Waals surface area contributed by atoms with Crippen molar-refractivity contribution in [1.29, 1.82) is 0 Å². The molecule has 0 aliphatic heterocycles. The Hall–Kier alpha value is -1.06. The molecule has 17 heavy (non-hydrogen) atoms. The van der Waals surface area contributed by atoms with E-state index in [2.05, 4.69) is 10.1 Å². The van der Waals surface area contributed by atoms with Crippen molar-refractivity contribution < 1.29 is 0 Å². The van der Waals surface area contributed by atoms with Crippen molar-refractivity contribution >= 4 is 23.2 Å². The van der Waals surface area contributed by atoms with E-state index in [1.54, 1.807) is 12.4 Å². The van der Waals surface area contributed by atoms with Crippen molar-refractivity contribution in [3.63, 3.8) is 0 Å². The van der Waals surface area contributed by atoms with Gasteiger partial charge in [0.1, 0.15) is 0 Å². The molecule has 2 rings (SSSR count). The number of hydrogen-bond donors (Lipinski definition) is 0. The number of aromatic nitrogens is 3. The maximum Gasteiger partial charge on any atom is 0.0678 e. The van der Waals surface area contributed by atoms with Crippen molar-refractivity contribution in [2.24, 2.45) is 0 Å². The molecular weight excluding hydrogens is 257 g/mol. The molecule has 0 spiro atoms. The first-order valence-corrected chi connectivity index (χ1v) is 6.22. The smallest absolute Gasteiger partial charge is 0.0678 e. The number of pyridine rings is 1. The normalized spacial score (nSPS) is 10.8. The largest absolute Gasteiger partial charge is 0.265 e. The molecule has 0 N–H and O–H groups in total. The van der Waals surface area contributed by atoms with E-state index in [4.69, 9.17) is 23.2 Å². The first kappa shape index (κ1) is 12.4. The number of halogens is 2. The lowest BCUT2D eigenvalue weighted by Crippen LogP contribution is -2.05. The summed E-state index contributed by atoms with van der Waals surface area (Å²) >= 11 is 12.0.